The number of carbonyl (C=O) groups excluding carboxylic acids is 2. The van der Waals surface area contributed by atoms with Crippen molar-refractivity contribution in [2.45, 2.75) is 25.5 Å². The van der Waals surface area contributed by atoms with Crippen LogP contribution < -0.4 is 5.32 Å². The van der Waals surface area contributed by atoms with E-state index in [1.807, 2.05) is 0 Å². The standard InChI is InChI=1S/C9H13NO4/c1-5(2)8(12)14-9(13)7-3-6(11)4-10-7/h6-7,10-11H,1,3-4H2,2H3/t6-,7+/m0/s1. The van der Waals surface area contributed by atoms with E-state index in [1.165, 1.54) is 6.92 Å². The molecule has 1 fully saturated rings. The van der Waals surface area contributed by atoms with E-state index in [9.17, 15) is 9.59 Å². The van der Waals surface area contributed by atoms with Crippen LogP contribution in [0, 0.1) is 0 Å². The molecule has 1 aliphatic rings. The van der Waals surface area contributed by atoms with Crippen molar-refractivity contribution in [1.29, 1.82) is 0 Å². The van der Waals surface area contributed by atoms with Crippen LogP contribution in [0.3, 0.4) is 0 Å². The van der Waals surface area contributed by atoms with Gasteiger partial charge in [0.05, 0.1) is 6.10 Å². The summed E-state index contributed by atoms with van der Waals surface area (Å²) in [5.41, 5.74) is 0.178. The molecule has 0 spiro atoms. The van der Waals surface area contributed by atoms with E-state index in [0.717, 1.165) is 0 Å². The molecule has 0 radical (unpaired) electrons. The van der Waals surface area contributed by atoms with Gasteiger partial charge in [0.25, 0.3) is 0 Å². The lowest BCUT2D eigenvalue weighted by Crippen LogP contribution is -2.33. The van der Waals surface area contributed by atoms with Crippen molar-refractivity contribution < 1.29 is 19.4 Å². The topological polar surface area (TPSA) is 75.6 Å². The summed E-state index contributed by atoms with van der Waals surface area (Å²) in [5, 5.41) is 11.9. The van der Waals surface area contributed by atoms with Gasteiger partial charge in [-0.15, -0.1) is 0 Å². The Hall–Kier alpha value is -1.20. The molecular formula is C9H13NO4. The van der Waals surface area contributed by atoms with Crippen molar-refractivity contribution in [3.8, 4) is 0 Å². The normalized spacial score (nSPS) is 25.9. The fraction of sp³-hybridized carbons (Fsp3) is 0.556. The second kappa shape index (κ2) is 4.34. The number of hydrogen-bond donors (Lipinski definition) is 2. The van der Waals surface area contributed by atoms with Crippen LogP contribution in [0.1, 0.15) is 13.3 Å². The smallest absolute Gasteiger partial charge is 0.340 e. The third kappa shape index (κ3) is 2.65. The zero-order chi connectivity index (χ0) is 10.7. The SMILES string of the molecule is C=C(C)C(=O)OC(=O)[C@H]1C[C@H](O)CN1. The average Bonchev–Trinajstić information content (AvgIpc) is 2.51. The highest BCUT2D eigenvalue weighted by molar-refractivity contribution is 5.96. The van der Waals surface area contributed by atoms with E-state index in [1.54, 1.807) is 0 Å². The molecule has 2 atom stereocenters. The summed E-state index contributed by atoms with van der Waals surface area (Å²) in [5.74, 6) is -1.38. The van der Waals surface area contributed by atoms with Crippen LogP contribution in [0.5, 0.6) is 0 Å². The lowest BCUT2D eigenvalue weighted by Gasteiger charge is -2.07. The van der Waals surface area contributed by atoms with Gasteiger partial charge in [-0.1, -0.05) is 6.58 Å². The highest BCUT2D eigenvalue weighted by atomic mass is 16.6. The number of esters is 2. The highest BCUT2D eigenvalue weighted by Gasteiger charge is 2.30. The van der Waals surface area contributed by atoms with Crippen molar-refractivity contribution in [2.24, 2.45) is 0 Å². The van der Waals surface area contributed by atoms with Crippen molar-refractivity contribution in [3.63, 3.8) is 0 Å². The van der Waals surface area contributed by atoms with Crippen molar-refractivity contribution in [2.75, 3.05) is 6.54 Å². The number of rotatable bonds is 2. The Morgan fingerprint density at radius 3 is 2.64 bits per heavy atom. The van der Waals surface area contributed by atoms with E-state index in [0.29, 0.717) is 6.54 Å². The average molecular weight is 199 g/mol. The van der Waals surface area contributed by atoms with E-state index in [2.05, 4.69) is 16.6 Å². The molecule has 0 aromatic heterocycles. The second-order valence-electron chi connectivity index (χ2n) is 3.34. The summed E-state index contributed by atoms with van der Waals surface area (Å²) in [6, 6.07) is -0.590. The first-order chi connectivity index (χ1) is 6.50. The molecular weight excluding hydrogens is 186 g/mol. The van der Waals surface area contributed by atoms with Gasteiger partial charge in [-0.05, 0) is 6.92 Å². The number of ether oxygens (including phenoxy) is 1. The lowest BCUT2D eigenvalue weighted by atomic mass is 10.2. The molecule has 14 heavy (non-hydrogen) atoms. The van der Waals surface area contributed by atoms with Crippen LogP contribution in [0.4, 0.5) is 0 Å². The second-order valence-corrected chi connectivity index (χ2v) is 3.34. The van der Waals surface area contributed by atoms with Crippen LogP contribution in [-0.4, -0.2) is 35.7 Å². The summed E-state index contributed by atoms with van der Waals surface area (Å²) in [7, 11) is 0. The Bertz CT molecular complexity index is 274. The third-order valence-electron chi connectivity index (χ3n) is 1.93. The fourth-order valence-electron chi connectivity index (χ4n) is 1.15. The molecule has 0 amide bonds. The van der Waals surface area contributed by atoms with Crippen LogP contribution >= 0.6 is 0 Å². The number of aliphatic hydroxyl groups is 1. The van der Waals surface area contributed by atoms with Gasteiger partial charge in [-0.2, -0.15) is 0 Å². The molecule has 5 nitrogen and oxygen atoms in total. The minimum absolute atomic E-state index is 0.178. The van der Waals surface area contributed by atoms with Gasteiger partial charge in [0, 0.05) is 18.5 Å². The van der Waals surface area contributed by atoms with Gasteiger partial charge < -0.3 is 15.2 Å². The van der Waals surface area contributed by atoms with Gasteiger partial charge >= 0.3 is 11.9 Å². The van der Waals surface area contributed by atoms with E-state index in [-0.39, 0.29) is 12.0 Å². The number of nitrogens with one attached hydrogen (secondary N) is 1. The van der Waals surface area contributed by atoms with Crippen molar-refractivity contribution >= 4 is 11.9 Å². The lowest BCUT2D eigenvalue weighted by molar-refractivity contribution is -0.158. The number of hydrogen-bond acceptors (Lipinski definition) is 5. The summed E-state index contributed by atoms with van der Waals surface area (Å²) in [4.78, 5) is 22.2. The van der Waals surface area contributed by atoms with Gasteiger partial charge in [-0.3, -0.25) is 0 Å². The summed E-state index contributed by atoms with van der Waals surface area (Å²) < 4.78 is 4.49. The van der Waals surface area contributed by atoms with Crippen LogP contribution in [0.25, 0.3) is 0 Å². The maximum Gasteiger partial charge on any atom is 0.340 e. The van der Waals surface area contributed by atoms with Crippen molar-refractivity contribution in [3.05, 3.63) is 12.2 Å². The zero-order valence-electron chi connectivity index (χ0n) is 7.95. The Labute approximate surface area is 81.7 Å². The molecule has 0 saturated carbocycles. The molecule has 1 rings (SSSR count). The largest absolute Gasteiger partial charge is 0.392 e. The monoisotopic (exact) mass is 199 g/mol. The van der Waals surface area contributed by atoms with Crippen molar-refractivity contribution in [1.82, 2.24) is 5.32 Å². The minimum Gasteiger partial charge on any atom is -0.392 e. The number of carbonyl (C=O) groups is 2. The van der Waals surface area contributed by atoms with E-state index >= 15 is 0 Å². The Morgan fingerprint density at radius 1 is 1.57 bits per heavy atom. The predicted octanol–water partition coefficient (Wildman–Crippen LogP) is -0.645. The minimum atomic E-state index is -0.724. The highest BCUT2D eigenvalue weighted by Crippen LogP contribution is 2.08. The van der Waals surface area contributed by atoms with Gasteiger partial charge in [-0.25, -0.2) is 9.59 Å². The molecule has 0 bridgehead atoms. The molecule has 1 saturated heterocycles. The summed E-state index contributed by atoms with van der Waals surface area (Å²) in [6.45, 7) is 5.17. The Kier molecular flexibility index (Phi) is 3.38. The molecule has 1 aliphatic heterocycles. The van der Waals surface area contributed by atoms with Gasteiger partial charge in [0.2, 0.25) is 0 Å². The molecule has 1 heterocycles. The Morgan fingerprint density at radius 2 is 2.21 bits per heavy atom. The van der Waals surface area contributed by atoms with Gasteiger partial charge in [0.15, 0.2) is 0 Å². The number of β-amino-alcohol motifs (C(OH)–C–C–N with tert-alkyl or cyclic N) is 1. The molecule has 2 N–H and O–H groups in total. The fourth-order valence-corrected chi connectivity index (χ4v) is 1.15. The first kappa shape index (κ1) is 10.9. The molecule has 5 heteroatoms. The molecule has 0 aromatic carbocycles. The third-order valence-corrected chi connectivity index (χ3v) is 1.93. The first-order valence-electron chi connectivity index (χ1n) is 4.33. The van der Waals surface area contributed by atoms with E-state index in [4.69, 9.17) is 5.11 Å². The molecule has 0 aliphatic carbocycles. The Balaban J connectivity index is 2.43. The van der Waals surface area contributed by atoms with Gasteiger partial charge in [0.1, 0.15) is 6.04 Å². The van der Waals surface area contributed by atoms with E-state index < -0.39 is 24.1 Å². The first-order valence-corrected chi connectivity index (χ1v) is 4.33. The summed E-state index contributed by atoms with van der Waals surface area (Å²) in [6.07, 6.45) is -0.269. The molecule has 0 unspecified atom stereocenters. The molecule has 0 aromatic rings. The maximum absolute atomic E-state index is 11.2. The zero-order valence-corrected chi connectivity index (χ0v) is 7.95. The number of aliphatic hydroxyl groups excluding tert-OH is 1. The molecule has 78 valence electrons. The van der Waals surface area contributed by atoms with Crippen LogP contribution in [-0.2, 0) is 14.3 Å². The van der Waals surface area contributed by atoms with Crippen LogP contribution in [0.15, 0.2) is 12.2 Å². The quantitative estimate of drug-likeness (QED) is 0.351. The summed E-state index contributed by atoms with van der Waals surface area (Å²) >= 11 is 0. The van der Waals surface area contributed by atoms with Crippen LogP contribution in [0.2, 0.25) is 0 Å². The maximum atomic E-state index is 11.2. The predicted molar refractivity (Wildman–Crippen MR) is 48.3 cm³/mol.